The van der Waals surface area contributed by atoms with E-state index in [4.69, 9.17) is 11.6 Å². The minimum absolute atomic E-state index is 0.246. The second-order valence-electron chi connectivity index (χ2n) is 4.87. The van der Waals surface area contributed by atoms with Gasteiger partial charge in [0.15, 0.2) is 5.82 Å². The van der Waals surface area contributed by atoms with Crippen LogP contribution in [0.1, 0.15) is 25.2 Å². The maximum absolute atomic E-state index is 13.7. The largest absolute Gasteiger partial charge is 0.324 e. The maximum Gasteiger partial charge on any atom is 0.153 e. The summed E-state index contributed by atoms with van der Waals surface area (Å²) in [5.74, 6) is 0.538. The molecular weight excluding hydrogens is 258 g/mol. The number of hydrogen-bond donors (Lipinski definition) is 0. The zero-order valence-corrected chi connectivity index (χ0v) is 10.7. The van der Waals surface area contributed by atoms with Gasteiger partial charge in [-0.1, -0.05) is 6.92 Å². The summed E-state index contributed by atoms with van der Waals surface area (Å²) in [6.07, 6.45) is 1.60. The minimum Gasteiger partial charge on any atom is -0.324 e. The van der Waals surface area contributed by atoms with E-state index in [1.807, 2.05) is 4.57 Å². The van der Waals surface area contributed by atoms with E-state index >= 15 is 0 Å². The number of alkyl halides is 1. The van der Waals surface area contributed by atoms with Crippen LogP contribution in [0.3, 0.4) is 0 Å². The van der Waals surface area contributed by atoms with Gasteiger partial charge in [-0.3, -0.25) is 0 Å². The Labute approximate surface area is 109 Å². The first kappa shape index (κ1) is 11.9. The smallest absolute Gasteiger partial charge is 0.153 e. The molecule has 0 radical (unpaired) electrons. The van der Waals surface area contributed by atoms with E-state index in [-0.39, 0.29) is 5.52 Å². The van der Waals surface area contributed by atoms with Gasteiger partial charge in [-0.15, -0.1) is 11.6 Å². The Kier molecular flexibility index (Phi) is 2.77. The molecule has 0 bridgehead atoms. The van der Waals surface area contributed by atoms with Crippen molar-refractivity contribution in [3.05, 3.63) is 29.6 Å². The van der Waals surface area contributed by atoms with Gasteiger partial charge < -0.3 is 4.57 Å². The molecule has 1 aliphatic rings. The van der Waals surface area contributed by atoms with Gasteiger partial charge in [-0.25, -0.2) is 13.8 Å². The predicted molar refractivity (Wildman–Crippen MR) is 66.9 cm³/mol. The molecule has 18 heavy (non-hydrogen) atoms. The van der Waals surface area contributed by atoms with Crippen molar-refractivity contribution in [2.45, 2.75) is 25.8 Å². The Balaban J connectivity index is 2.24. The number of rotatable bonds is 3. The van der Waals surface area contributed by atoms with E-state index in [1.54, 1.807) is 0 Å². The molecule has 3 rings (SSSR count). The van der Waals surface area contributed by atoms with Gasteiger partial charge in [0.1, 0.15) is 17.2 Å². The van der Waals surface area contributed by atoms with Crippen LogP contribution in [-0.2, 0) is 6.42 Å². The van der Waals surface area contributed by atoms with Crippen LogP contribution in [0.15, 0.2) is 12.1 Å². The first-order valence-corrected chi connectivity index (χ1v) is 6.57. The van der Waals surface area contributed by atoms with E-state index in [0.29, 0.717) is 29.8 Å². The molecule has 1 saturated carbocycles. The highest BCUT2D eigenvalue weighted by Gasteiger charge is 2.37. The number of aryl methyl sites for hydroxylation is 1. The summed E-state index contributed by atoms with van der Waals surface area (Å²) < 4.78 is 29.0. The molecule has 96 valence electrons. The molecule has 0 spiro atoms. The van der Waals surface area contributed by atoms with Gasteiger partial charge in [0, 0.05) is 24.4 Å². The highest BCUT2D eigenvalue weighted by Crippen LogP contribution is 2.45. The number of aromatic nitrogens is 2. The van der Waals surface area contributed by atoms with Gasteiger partial charge in [0.2, 0.25) is 0 Å². The molecular formula is C13H13ClF2N2. The van der Waals surface area contributed by atoms with Crippen LogP contribution >= 0.6 is 11.6 Å². The minimum atomic E-state index is -0.604. The summed E-state index contributed by atoms with van der Waals surface area (Å²) in [6.45, 7) is 2.12. The van der Waals surface area contributed by atoms with Gasteiger partial charge >= 0.3 is 0 Å². The molecule has 2 atom stereocenters. The lowest BCUT2D eigenvalue weighted by Crippen LogP contribution is -2.03. The van der Waals surface area contributed by atoms with Crippen molar-refractivity contribution in [3.63, 3.8) is 0 Å². The molecule has 1 aliphatic carbocycles. The Morgan fingerprint density at radius 2 is 2.17 bits per heavy atom. The third-order valence-electron chi connectivity index (χ3n) is 3.50. The fraction of sp³-hybridized carbons (Fsp3) is 0.462. The number of halogens is 3. The standard InChI is InChI=1S/C13H13ClF2N2/c1-7-4-10(7)18-11-6-8(15)5-9(16)13(11)17-12(18)2-3-14/h5-7,10H,2-4H2,1H3. The summed E-state index contributed by atoms with van der Waals surface area (Å²) in [5.41, 5.74) is 0.789. The van der Waals surface area contributed by atoms with Crippen molar-refractivity contribution in [1.82, 2.24) is 9.55 Å². The lowest BCUT2D eigenvalue weighted by molar-refractivity contribution is 0.589. The fourth-order valence-corrected chi connectivity index (χ4v) is 2.63. The molecule has 0 aliphatic heterocycles. The summed E-state index contributed by atoms with van der Waals surface area (Å²) in [7, 11) is 0. The first-order valence-electron chi connectivity index (χ1n) is 6.03. The topological polar surface area (TPSA) is 17.8 Å². The number of nitrogens with zero attached hydrogens (tertiary/aromatic N) is 2. The molecule has 1 fully saturated rings. The molecule has 1 aromatic heterocycles. The van der Waals surface area contributed by atoms with E-state index in [0.717, 1.165) is 18.3 Å². The number of imidazole rings is 1. The van der Waals surface area contributed by atoms with Crippen LogP contribution < -0.4 is 0 Å². The van der Waals surface area contributed by atoms with E-state index in [1.165, 1.54) is 6.07 Å². The molecule has 0 saturated heterocycles. The second-order valence-corrected chi connectivity index (χ2v) is 5.25. The number of fused-ring (bicyclic) bond motifs is 1. The van der Waals surface area contributed by atoms with E-state index in [9.17, 15) is 8.78 Å². The van der Waals surface area contributed by atoms with Gasteiger partial charge in [0.05, 0.1) is 5.52 Å². The second kappa shape index (κ2) is 4.19. The Hall–Kier alpha value is -1.16. The van der Waals surface area contributed by atoms with Crippen LogP contribution in [0, 0.1) is 17.6 Å². The van der Waals surface area contributed by atoms with E-state index < -0.39 is 11.6 Å². The molecule has 2 unspecified atom stereocenters. The third kappa shape index (κ3) is 1.79. The van der Waals surface area contributed by atoms with E-state index in [2.05, 4.69) is 11.9 Å². The monoisotopic (exact) mass is 270 g/mol. The highest BCUT2D eigenvalue weighted by molar-refractivity contribution is 6.17. The van der Waals surface area contributed by atoms with Crippen molar-refractivity contribution in [1.29, 1.82) is 0 Å². The average molecular weight is 271 g/mol. The summed E-state index contributed by atoms with van der Waals surface area (Å²) in [5, 5.41) is 0. The fourth-order valence-electron chi connectivity index (χ4n) is 2.46. The molecule has 1 aromatic carbocycles. The van der Waals surface area contributed by atoms with Crippen LogP contribution in [-0.4, -0.2) is 15.4 Å². The highest BCUT2D eigenvalue weighted by atomic mass is 35.5. The van der Waals surface area contributed by atoms with Crippen LogP contribution in [0.5, 0.6) is 0 Å². The Morgan fingerprint density at radius 3 is 2.78 bits per heavy atom. The molecule has 0 N–H and O–H groups in total. The van der Waals surface area contributed by atoms with Crippen molar-refractivity contribution in [2.24, 2.45) is 5.92 Å². The van der Waals surface area contributed by atoms with Crippen LogP contribution in [0.4, 0.5) is 8.78 Å². The zero-order chi connectivity index (χ0) is 12.9. The van der Waals surface area contributed by atoms with Crippen molar-refractivity contribution in [2.75, 3.05) is 5.88 Å². The Morgan fingerprint density at radius 1 is 1.44 bits per heavy atom. The van der Waals surface area contributed by atoms with Gasteiger partial charge in [-0.2, -0.15) is 0 Å². The van der Waals surface area contributed by atoms with Crippen LogP contribution in [0.25, 0.3) is 11.0 Å². The predicted octanol–water partition coefficient (Wildman–Crippen LogP) is 3.68. The Bertz CT molecular complexity index is 609. The normalized spacial score (nSPS) is 22.7. The van der Waals surface area contributed by atoms with Gasteiger partial charge in [-0.05, 0) is 18.4 Å². The third-order valence-corrected chi connectivity index (χ3v) is 3.69. The number of benzene rings is 1. The lowest BCUT2D eigenvalue weighted by atomic mass is 10.3. The average Bonchev–Trinajstić information content (AvgIpc) is 2.88. The summed E-state index contributed by atoms with van der Waals surface area (Å²) in [6, 6.07) is 2.53. The van der Waals surface area contributed by atoms with Crippen molar-refractivity contribution in [3.8, 4) is 0 Å². The zero-order valence-electron chi connectivity index (χ0n) is 9.96. The quantitative estimate of drug-likeness (QED) is 0.778. The molecule has 0 amide bonds. The number of hydrogen-bond acceptors (Lipinski definition) is 1. The molecule has 1 heterocycles. The van der Waals surface area contributed by atoms with Crippen LogP contribution in [0.2, 0.25) is 0 Å². The first-order chi connectivity index (χ1) is 8.61. The SMILES string of the molecule is CC1CC1n1c(CCCl)nc2c(F)cc(F)cc21. The summed E-state index contributed by atoms with van der Waals surface area (Å²) >= 11 is 5.75. The van der Waals surface area contributed by atoms with Crippen molar-refractivity contribution < 1.29 is 8.78 Å². The molecule has 2 nitrogen and oxygen atoms in total. The maximum atomic E-state index is 13.7. The van der Waals surface area contributed by atoms with Crippen molar-refractivity contribution >= 4 is 22.6 Å². The summed E-state index contributed by atoms with van der Waals surface area (Å²) in [4.78, 5) is 4.28. The van der Waals surface area contributed by atoms with Gasteiger partial charge in [0.25, 0.3) is 0 Å². The molecule has 5 heteroatoms. The lowest BCUT2D eigenvalue weighted by Gasteiger charge is -2.07. The molecule has 2 aromatic rings.